The van der Waals surface area contributed by atoms with E-state index in [1.165, 1.54) is 19.4 Å². The van der Waals surface area contributed by atoms with Crippen LogP contribution in [0.5, 0.6) is 0 Å². The first-order valence-corrected chi connectivity index (χ1v) is 8.56. The van der Waals surface area contributed by atoms with Gasteiger partial charge < -0.3 is 16.0 Å². The van der Waals surface area contributed by atoms with Crippen molar-refractivity contribution in [3.8, 4) is 0 Å². The zero-order chi connectivity index (χ0) is 16.0. The number of nitrogens with zero attached hydrogens (tertiary/aromatic N) is 1. The molecule has 1 heterocycles. The number of rotatable bonds is 8. The first-order valence-electron chi connectivity index (χ1n) is 8.56. The van der Waals surface area contributed by atoms with Gasteiger partial charge in [0, 0.05) is 12.1 Å². The van der Waals surface area contributed by atoms with Crippen molar-refractivity contribution in [3.63, 3.8) is 0 Å². The Morgan fingerprint density at radius 2 is 2.05 bits per heavy atom. The van der Waals surface area contributed by atoms with Gasteiger partial charge in [0.25, 0.3) is 0 Å². The molecule has 3 unspecified atom stereocenters. The van der Waals surface area contributed by atoms with Gasteiger partial charge in [0.05, 0.1) is 5.54 Å². The number of likely N-dealkylation sites (tertiary alicyclic amines) is 1. The molecule has 3 atom stereocenters. The highest BCUT2D eigenvalue weighted by Gasteiger charge is 2.31. The molecule has 1 amide bonds. The van der Waals surface area contributed by atoms with Crippen LogP contribution >= 0.6 is 0 Å². The molecule has 124 valence electrons. The SMILES string of the molecule is CC1CCN(CCCCC(C)(NC(C)C)C(N)=O)C(C)C1. The molecule has 1 rings (SSSR count). The highest BCUT2D eigenvalue weighted by Crippen LogP contribution is 2.23. The van der Waals surface area contributed by atoms with E-state index < -0.39 is 5.54 Å². The van der Waals surface area contributed by atoms with Gasteiger partial charge in [0.2, 0.25) is 5.91 Å². The summed E-state index contributed by atoms with van der Waals surface area (Å²) in [4.78, 5) is 14.3. The van der Waals surface area contributed by atoms with E-state index >= 15 is 0 Å². The van der Waals surface area contributed by atoms with E-state index in [-0.39, 0.29) is 11.9 Å². The van der Waals surface area contributed by atoms with Crippen LogP contribution < -0.4 is 11.1 Å². The second kappa shape index (κ2) is 8.14. The summed E-state index contributed by atoms with van der Waals surface area (Å²) in [5.41, 5.74) is 5.00. The normalized spacial score (nSPS) is 26.8. The Kier molecular flexibility index (Phi) is 7.14. The third kappa shape index (κ3) is 5.95. The van der Waals surface area contributed by atoms with Gasteiger partial charge in [-0.05, 0) is 78.8 Å². The predicted molar refractivity (Wildman–Crippen MR) is 89.2 cm³/mol. The largest absolute Gasteiger partial charge is 0.368 e. The van der Waals surface area contributed by atoms with Crippen LogP contribution in [0.25, 0.3) is 0 Å². The first-order chi connectivity index (χ1) is 9.74. The molecule has 4 heteroatoms. The molecule has 0 aliphatic carbocycles. The third-order valence-electron chi connectivity index (χ3n) is 4.80. The molecule has 0 bridgehead atoms. The van der Waals surface area contributed by atoms with Crippen LogP contribution in [-0.4, -0.2) is 41.5 Å². The summed E-state index contributed by atoms with van der Waals surface area (Å²) in [7, 11) is 0. The number of carbonyl (C=O) groups excluding carboxylic acids is 1. The van der Waals surface area contributed by atoms with Gasteiger partial charge >= 0.3 is 0 Å². The molecule has 0 radical (unpaired) electrons. The van der Waals surface area contributed by atoms with E-state index in [4.69, 9.17) is 5.73 Å². The maximum absolute atomic E-state index is 11.7. The molecule has 1 aliphatic rings. The molecule has 0 saturated carbocycles. The molecule has 0 aromatic carbocycles. The monoisotopic (exact) mass is 297 g/mol. The molecule has 3 N–H and O–H groups in total. The standard InChI is InChI=1S/C17H35N3O/c1-13(2)19-17(5,16(18)21)9-6-7-10-20-11-8-14(3)12-15(20)4/h13-15,19H,6-12H2,1-5H3,(H2,18,21). The Labute approximate surface area is 130 Å². The van der Waals surface area contributed by atoms with Crippen molar-refractivity contribution in [1.82, 2.24) is 10.2 Å². The average molecular weight is 297 g/mol. The highest BCUT2D eigenvalue weighted by atomic mass is 16.1. The lowest BCUT2D eigenvalue weighted by Gasteiger charge is -2.37. The molecule has 4 nitrogen and oxygen atoms in total. The quantitative estimate of drug-likeness (QED) is 0.677. The lowest BCUT2D eigenvalue weighted by atomic mass is 9.91. The smallest absolute Gasteiger partial charge is 0.237 e. The van der Waals surface area contributed by atoms with E-state index in [0.29, 0.717) is 6.04 Å². The van der Waals surface area contributed by atoms with Crippen LogP contribution in [0.1, 0.15) is 66.7 Å². The van der Waals surface area contributed by atoms with Gasteiger partial charge in [-0.25, -0.2) is 0 Å². The van der Waals surface area contributed by atoms with Crippen LogP contribution in [0.2, 0.25) is 0 Å². The zero-order valence-corrected chi connectivity index (χ0v) is 14.6. The number of hydrogen-bond donors (Lipinski definition) is 2. The van der Waals surface area contributed by atoms with Crippen molar-refractivity contribution in [1.29, 1.82) is 0 Å². The van der Waals surface area contributed by atoms with Crippen LogP contribution in [0.15, 0.2) is 0 Å². The van der Waals surface area contributed by atoms with Gasteiger partial charge in [-0.15, -0.1) is 0 Å². The second-order valence-corrected chi connectivity index (χ2v) is 7.47. The lowest BCUT2D eigenvalue weighted by molar-refractivity contribution is -0.124. The number of piperidine rings is 1. The minimum Gasteiger partial charge on any atom is -0.368 e. The molecular weight excluding hydrogens is 262 g/mol. The summed E-state index contributed by atoms with van der Waals surface area (Å²) in [6.07, 6.45) is 5.63. The van der Waals surface area contributed by atoms with Gasteiger partial charge in [-0.2, -0.15) is 0 Å². The van der Waals surface area contributed by atoms with E-state index in [1.54, 1.807) is 0 Å². The summed E-state index contributed by atoms with van der Waals surface area (Å²) < 4.78 is 0. The Balaban J connectivity index is 2.33. The Bertz CT molecular complexity index is 332. The number of nitrogens with two attached hydrogens (primary N) is 1. The fourth-order valence-electron chi connectivity index (χ4n) is 3.49. The minimum absolute atomic E-state index is 0.239. The number of unbranched alkanes of at least 4 members (excludes halogenated alkanes) is 1. The van der Waals surface area contributed by atoms with Crippen molar-refractivity contribution in [2.24, 2.45) is 11.7 Å². The van der Waals surface area contributed by atoms with E-state index in [2.05, 4.69) is 37.9 Å². The highest BCUT2D eigenvalue weighted by molar-refractivity contribution is 5.84. The molecular formula is C17H35N3O. The van der Waals surface area contributed by atoms with Crippen LogP contribution in [0.3, 0.4) is 0 Å². The molecule has 1 fully saturated rings. The fraction of sp³-hybridized carbons (Fsp3) is 0.941. The summed E-state index contributed by atoms with van der Waals surface area (Å²) in [5, 5.41) is 3.32. The maximum Gasteiger partial charge on any atom is 0.237 e. The van der Waals surface area contributed by atoms with Crippen molar-refractivity contribution < 1.29 is 4.79 Å². The number of hydrogen-bond acceptors (Lipinski definition) is 3. The summed E-state index contributed by atoms with van der Waals surface area (Å²) >= 11 is 0. The Morgan fingerprint density at radius 1 is 1.38 bits per heavy atom. The third-order valence-corrected chi connectivity index (χ3v) is 4.80. The van der Waals surface area contributed by atoms with Gasteiger partial charge in [-0.1, -0.05) is 6.92 Å². The summed E-state index contributed by atoms with van der Waals surface area (Å²) in [6, 6.07) is 0.969. The maximum atomic E-state index is 11.7. The van der Waals surface area contributed by atoms with Crippen LogP contribution in [0, 0.1) is 5.92 Å². The molecule has 21 heavy (non-hydrogen) atoms. The van der Waals surface area contributed by atoms with E-state index in [1.807, 2.05) is 6.92 Å². The topological polar surface area (TPSA) is 58.4 Å². The molecule has 1 aliphatic heterocycles. The Hall–Kier alpha value is -0.610. The number of amides is 1. The Morgan fingerprint density at radius 3 is 2.57 bits per heavy atom. The number of nitrogens with one attached hydrogen (secondary N) is 1. The van der Waals surface area contributed by atoms with Gasteiger partial charge in [0.15, 0.2) is 0 Å². The van der Waals surface area contributed by atoms with Crippen molar-refractivity contribution in [3.05, 3.63) is 0 Å². The molecule has 0 aromatic heterocycles. The van der Waals surface area contributed by atoms with Crippen molar-refractivity contribution in [2.45, 2.75) is 84.3 Å². The van der Waals surface area contributed by atoms with E-state index in [0.717, 1.165) is 31.7 Å². The zero-order valence-electron chi connectivity index (χ0n) is 14.6. The fourth-order valence-corrected chi connectivity index (χ4v) is 3.49. The van der Waals surface area contributed by atoms with E-state index in [9.17, 15) is 4.79 Å². The first kappa shape index (κ1) is 18.4. The van der Waals surface area contributed by atoms with Crippen LogP contribution in [0.4, 0.5) is 0 Å². The van der Waals surface area contributed by atoms with Gasteiger partial charge in [0.1, 0.15) is 0 Å². The van der Waals surface area contributed by atoms with Gasteiger partial charge in [-0.3, -0.25) is 4.79 Å². The van der Waals surface area contributed by atoms with Crippen molar-refractivity contribution >= 4 is 5.91 Å². The summed E-state index contributed by atoms with van der Waals surface area (Å²) in [5.74, 6) is 0.626. The summed E-state index contributed by atoms with van der Waals surface area (Å²) in [6.45, 7) is 13.1. The predicted octanol–water partition coefficient (Wildman–Crippen LogP) is 2.52. The average Bonchev–Trinajstić information content (AvgIpc) is 2.35. The second-order valence-electron chi connectivity index (χ2n) is 7.47. The number of primary amides is 1. The molecule has 1 saturated heterocycles. The molecule has 0 aromatic rings. The minimum atomic E-state index is -0.573. The molecule has 0 spiro atoms. The van der Waals surface area contributed by atoms with Crippen molar-refractivity contribution in [2.75, 3.05) is 13.1 Å². The lowest BCUT2D eigenvalue weighted by Crippen LogP contribution is -2.55. The number of carbonyl (C=O) groups is 1. The van der Waals surface area contributed by atoms with Crippen LogP contribution in [-0.2, 0) is 4.79 Å².